The summed E-state index contributed by atoms with van der Waals surface area (Å²) in [6.45, 7) is 7.38. The van der Waals surface area contributed by atoms with Crippen LogP contribution >= 0.6 is 22.6 Å². The Balaban J connectivity index is 2.49. The van der Waals surface area contributed by atoms with Gasteiger partial charge in [0.15, 0.2) is 5.82 Å². The van der Waals surface area contributed by atoms with E-state index in [2.05, 4.69) is 65.8 Å². The molecule has 0 unspecified atom stereocenters. The Labute approximate surface area is 134 Å². The summed E-state index contributed by atoms with van der Waals surface area (Å²) < 4.78 is 1.14. The molecule has 0 spiro atoms. The smallest absolute Gasteiger partial charge is 0.161 e. The van der Waals surface area contributed by atoms with Crippen molar-refractivity contribution >= 4 is 28.4 Å². The molecule has 2 aromatic rings. The van der Waals surface area contributed by atoms with Crippen molar-refractivity contribution in [1.29, 1.82) is 0 Å². The predicted octanol–water partition coefficient (Wildman–Crippen LogP) is 4.38. The van der Waals surface area contributed by atoms with Crippen molar-refractivity contribution in [2.75, 3.05) is 11.9 Å². The highest BCUT2D eigenvalue weighted by molar-refractivity contribution is 14.1. The van der Waals surface area contributed by atoms with E-state index in [1.165, 1.54) is 0 Å². The predicted molar refractivity (Wildman–Crippen MR) is 92.9 cm³/mol. The minimum atomic E-state index is 0.580. The van der Waals surface area contributed by atoms with Crippen LogP contribution in [0.5, 0.6) is 0 Å². The molecule has 0 aliphatic carbocycles. The quantitative estimate of drug-likeness (QED) is 0.782. The SMILES string of the molecule is CCNc1nc(-c2ccccc2)nc(CC(C)C)c1I. The molecule has 0 radical (unpaired) electrons. The fourth-order valence-corrected chi connectivity index (χ4v) is 2.67. The lowest BCUT2D eigenvalue weighted by atomic mass is 10.1. The van der Waals surface area contributed by atoms with E-state index in [1.807, 2.05) is 18.2 Å². The number of hydrogen-bond donors (Lipinski definition) is 1. The number of benzene rings is 1. The van der Waals surface area contributed by atoms with Crippen LogP contribution in [0, 0.1) is 9.49 Å². The van der Waals surface area contributed by atoms with Crippen LogP contribution in [0.25, 0.3) is 11.4 Å². The highest BCUT2D eigenvalue weighted by atomic mass is 127. The van der Waals surface area contributed by atoms with E-state index < -0.39 is 0 Å². The lowest BCUT2D eigenvalue weighted by Crippen LogP contribution is -2.09. The van der Waals surface area contributed by atoms with Crippen LogP contribution in [0.15, 0.2) is 30.3 Å². The summed E-state index contributed by atoms with van der Waals surface area (Å²) in [6, 6.07) is 10.2. The van der Waals surface area contributed by atoms with Gasteiger partial charge >= 0.3 is 0 Å². The van der Waals surface area contributed by atoms with Crippen LogP contribution in [-0.4, -0.2) is 16.5 Å². The van der Waals surface area contributed by atoms with E-state index in [1.54, 1.807) is 0 Å². The average molecular weight is 381 g/mol. The summed E-state index contributed by atoms with van der Waals surface area (Å²) in [7, 11) is 0. The van der Waals surface area contributed by atoms with Gasteiger partial charge in [-0.05, 0) is 41.9 Å². The maximum atomic E-state index is 4.77. The fraction of sp³-hybridized carbons (Fsp3) is 0.375. The van der Waals surface area contributed by atoms with Gasteiger partial charge in [0.25, 0.3) is 0 Å². The van der Waals surface area contributed by atoms with Crippen LogP contribution in [0.2, 0.25) is 0 Å². The van der Waals surface area contributed by atoms with Crippen LogP contribution in [0.4, 0.5) is 5.82 Å². The zero-order valence-corrected chi connectivity index (χ0v) is 14.3. The Bertz CT molecular complexity index is 567. The Morgan fingerprint density at radius 2 is 1.85 bits per heavy atom. The molecule has 1 aromatic carbocycles. The first kappa shape index (κ1) is 15.2. The molecule has 0 amide bonds. The number of nitrogens with one attached hydrogen (secondary N) is 1. The lowest BCUT2D eigenvalue weighted by molar-refractivity contribution is 0.632. The van der Waals surface area contributed by atoms with Gasteiger partial charge < -0.3 is 5.32 Å². The summed E-state index contributed by atoms with van der Waals surface area (Å²) in [5.74, 6) is 2.33. The molecule has 0 saturated heterocycles. The van der Waals surface area contributed by atoms with Crippen LogP contribution in [0.3, 0.4) is 0 Å². The van der Waals surface area contributed by atoms with Gasteiger partial charge in [0, 0.05) is 12.1 Å². The summed E-state index contributed by atoms with van der Waals surface area (Å²) in [4.78, 5) is 9.44. The fourth-order valence-electron chi connectivity index (χ4n) is 2.02. The molecule has 0 atom stereocenters. The van der Waals surface area contributed by atoms with Gasteiger partial charge in [-0.1, -0.05) is 44.2 Å². The van der Waals surface area contributed by atoms with Gasteiger partial charge in [0.2, 0.25) is 0 Å². The molecular weight excluding hydrogens is 361 g/mol. The molecule has 0 saturated carbocycles. The first-order valence-corrected chi connectivity index (χ1v) is 8.05. The third-order valence-corrected chi connectivity index (χ3v) is 4.03. The largest absolute Gasteiger partial charge is 0.369 e. The minimum Gasteiger partial charge on any atom is -0.369 e. The summed E-state index contributed by atoms with van der Waals surface area (Å²) in [5.41, 5.74) is 2.19. The van der Waals surface area contributed by atoms with Gasteiger partial charge in [-0.2, -0.15) is 0 Å². The highest BCUT2D eigenvalue weighted by Gasteiger charge is 2.13. The Morgan fingerprint density at radius 1 is 1.15 bits per heavy atom. The second-order valence-electron chi connectivity index (χ2n) is 5.15. The number of aromatic nitrogens is 2. The van der Waals surface area contributed by atoms with E-state index in [4.69, 9.17) is 4.98 Å². The van der Waals surface area contributed by atoms with Gasteiger partial charge in [0.05, 0.1) is 9.26 Å². The Morgan fingerprint density at radius 3 is 2.45 bits per heavy atom. The van der Waals surface area contributed by atoms with E-state index in [0.717, 1.165) is 39.4 Å². The van der Waals surface area contributed by atoms with Crippen molar-refractivity contribution < 1.29 is 0 Å². The standard InChI is InChI=1S/C16H20IN3/c1-4-18-16-14(17)13(10-11(2)3)19-15(20-16)12-8-6-5-7-9-12/h5-9,11H,4,10H2,1-3H3,(H,18,19,20). The molecule has 0 aliphatic heterocycles. The van der Waals surface area contributed by atoms with Gasteiger partial charge in [-0.15, -0.1) is 0 Å². The van der Waals surface area contributed by atoms with E-state index >= 15 is 0 Å². The number of halogens is 1. The average Bonchev–Trinajstić information content (AvgIpc) is 2.44. The highest BCUT2D eigenvalue weighted by Crippen LogP contribution is 2.25. The molecule has 3 nitrogen and oxygen atoms in total. The molecule has 2 rings (SSSR count). The van der Waals surface area contributed by atoms with Gasteiger partial charge in [-0.25, -0.2) is 9.97 Å². The van der Waals surface area contributed by atoms with Crippen LogP contribution in [0.1, 0.15) is 26.5 Å². The Hall–Kier alpha value is -1.17. The molecule has 20 heavy (non-hydrogen) atoms. The minimum absolute atomic E-state index is 0.580. The lowest BCUT2D eigenvalue weighted by Gasteiger charge is -2.13. The zero-order chi connectivity index (χ0) is 14.5. The van der Waals surface area contributed by atoms with Crippen molar-refractivity contribution in [3.63, 3.8) is 0 Å². The topological polar surface area (TPSA) is 37.8 Å². The number of hydrogen-bond acceptors (Lipinski definition) is 3. The zero-order valence-electron chi connectivity index (χ0n) is 12.2. The monoisotopic (exact) mass is 381 g/mol. The van der Waals surface area contributed by atoms with E-state index in [9.17, 15) is 0 Å². The normalized spacial score (nSPS) is 10.8. The first-order valence-electron chi connectivity index (χ1n) is 6.97. The molecule has 1 aromatic heterocycles. The van der Waals surface area contributed by atoms with E-state index in [0.29, 0.717) is 5.92 Å². The summed E-state index contributed by atoms with van der Waals surface area (Å²) >= 11 is 2.35. The number of rotatable bonds is 5. The van der Waals surface area contributed by atoms with Crippen LogP contribution < -0.4 is 5.32 Å². The molecule has 106 valence electrons. The molecule has 0 fully saturated rings. The number of anilines is 1. The second-order valence-corrected chi connectivity index (χ2v) is 6.23. The van der Waals surface area contributed by atoms with Crippen molar-refractivity contribution in [3.8, 4) is 11.4 Å². The molecule has 1 N–H and O–H groups in total. The van der Waals surface area contributed by atoms with Gasteiger partial charge in [-0.3, -0.25) is 0 Å². The van der Waals surface area contributed by atoms with Crippen molar-refractivity contribution in [3.05, 3.63) is 39.6 Å². The second kappa shape index (κ2) is 7.02. The van der Waals surface area contributed by atoms with Crippen molar-refractivity contribution in [1.82, 2.24) is 9.97 Å². The van der Waals surface area contributed by atoms with Crippen molar-refractivity contribution in [2.45, 2.75) is 27.2 Å². The molecule has 4 heteroatoms. The summed E-state index contributed by atoms with van der Waals surface area (Å²) in [5, 5.41) is 3.34. The third-order valence-electron chi connectivity index (χ3n) is 2.90. The third kappa shape index (κ3) is 3.69. The first-order chi connectivity index (χ1) is 9.61. The maximum Gasteiger partial charge on any atom is 0.161 e. The van der Waals surface area contributed by atoms with E-state index in [-0.39, 0.29) is 0 Å². The Kier molecular flexibility index (Phi) is 5.34. The maximum absolute atomic E-state index is 4.77. The summed E-state index contributed by atoms with van der Waals surface area (Å²) in [6.07, 6.45) is 0.971. The number of nitrogens with zero attached hydrogens (tertiary/aromatic N) is 2. The van der Waals surface area contributed by atoms with Crippen molar-refractivity contribution in [2.24, 2.45) is 5.92 Å². The molecule has 0 aliphatic rings. The van der Waals surface area contributed by atoms with Crippen LogP contribution in [-0.2, 0) is 6.42 Å². The molecular formula is C16H20IN3. The molecule has 0 bridgehead atoms. The molecule has 1 heterocycles. The van der Waals surface area contributed by atoms with Gasteiger partial charge in [0.1, 0.15) is 5.82 Å².